The van der Waals surface area contributed by atoms with Crippen LogP contribution in [0.15, 0.2) is 65.8 Å². The number of hydrogen-bond donors (Lipinski definition) is 2. The van der Waals surface area contributed by atoms with Crippen LogP contribution in [0.25, 0.3) is 5.69 Å². The maximum absolute atomic E-state index is 12.0. The van der Waals surface area contributed by atoms with Crippen molar-refractivity contribution >= 4 is 23.7 Å². The van der Waals surface area contributed by atoms with E-state index < -0.39 is 12.0 Å². The van der Waals surface area contributed by atoms with E-state index in [2.05, 4.69) is 15.6 Å². The predicted octanol–water partition coefficient (Wildman–Crippen LogP) is 3.02. The van der Waals surface area contributed by atoms with Crippen molar-refractivity contribution in [1.29, 1.82) is 0 Å². The number of para-hydroxylation sites is 1. The molecule has 2 N–H and O–H groups in total. The fraction of sp³-hybridized carbons (Fsp3) is 0.105. The van der Waals surface area contributed by atoms with E-state index in [9.17, 15) is 9.90 Å². The van der Waals surface area contributed by atoms with Gasteiger partial charge in [-0.2, -0.15) is 10.2 Å². The molecule has 132 valence electrons. The summed E-state index contributed by atoms with van der Waals surface area (Å²) in [6.07, 6.45) is 0.122. The topological polar surface area (TPSA) is 79.5 Å². The lowest BCUT2D eigenvalue weighted by atomic mass is 10.1. The Bertz CT molecular complexity index is 923. The lowest BCUT2D eigenvalue weighted by Crippen LogP contribution is -2.25. The second kappa shape index (κ2) is 7.95. The third kappa shape index (κ3) is 3.82. The molecule has 7 heteroatoms. The number of aryl methyl sites for hydroxylation is 1. The number of aliphatic hydroxyl groups excluding tert-OH is 1. The molecule has 0 saturated carbocycles. The van der Waals surface area contributed by atoms with Crippen LogP contribution < -0.4 is 5.43 Å². The third-order valence-corrected chi connectivity index (χ3v) is 4.14. The number of hydrogen-bond acceptors (Lipinski definition) is 4. The van der Waals surface area contributed by atoms with Crippen LogP contribution in [0.2, 0.25) is 5.15 Å². The van der Waals surface area contributed by atoms with Gasteiger partial charge in [-0.25, -0.2) is 10.1 Å². The summed E-state index contributed by atoms with van der Waals surface area (Å²) in [5, 5.41) is 18.7. The van der Waals surface area contributed by atoms with Crippen LogP contribution in [0.5, 0.6) is 0 Å². The molecule has 0 spiro atoms. The normalized spacial score (nSPS) is 12.3. The second-order valence-electron chi connectivity index (χ2n) is 5.58. The Hall–Kier alpha value is -2.96. The Morgan fingerprint density at radius 1 is 1.19 bits per heavy atom. The molecule has 0 bridgehead atoms. The van der Waals surface area contributed by atoms with Crippen LogP contribution in [-0.2, 0) is 4.79 Å². The van der Waals surface area contributed by atoms with Crippen LogP contribution in [0, 0.1) is 6.92 Å². The van der Waals surface area contributed by atoms with Crippen molar-refractivity contribution in [3.63, 3.8) is 0 Å². The van der Waals surface area contributed by atoms with Crippen molar-refractivity contribution in [2.45, 2.75) is 13.0 Å². The number of rotatable bonds is 5. The van der Waals surface area contributed by atoms with Gasteiger partial charge in [-0.05, 0) is 24.6 Å². The van der Waals surface area contributed by atoms with E-state index in [4.69, 9.17) is 11.6 Å². The molecule has 3 aromatic rings. The zero-order valence-electron chi connectivity index (χ0n) is 14.0. The van der Waals surface area contributed by atoms with Crippen molar-refractivity contribution < 1.29 is 9.90 Å². The maximum Gasteiger partial charge on any atom is 0.273 e. The van der Waals surface area contributed by atoms with E-state index in [-0.39, 0.29) is 0 Å². The van der Waals surface area contributed by atoms with Crippen LogP contribution in [0.1, 0.15) is 22.9 Å². The Morgan fingerprint density at radius 2 is 1.81 bits per heavy atom. The molecule has 0 radical (unpaired) electrons. The van der Waals surface area contributed by atoms with Gasteiger partial charge in [-0.15, -0.1) is 0 Å². The Labute approximate surface area is 155 Å². The van der Waals surface area contributed by atoms with E-state index in [0.29, 0.717) is 22.0 Å². The number of amides is 1. The van der Waals surface area contributed by atoms with Gasteiger partial charge < -0.3 is 5.11 Å². The molecule has 0 aliphatic heterocycles. The zero-order valence-corrected chi connectivity index (χ0v) is 14.8. The number of nitrogens with zero attached hydrogens (tertiary/aromatic N) is 3. The van der Waals surface area contributed by atoms with Crippen molar-refractivity contribution in [2.75, 3.05) is 0 Å². The highest BCUT2D eigenvalue weighted by atomic mass is 35.5. The number of benzene rings is 2. The highest BCUT2D eigenvalue weighted by molar-refractivity contribution is 6.32. The first-order valence-electron chi connectivity index (χ1n) is 7.94. The van der Waals surface area contributed by atoms with Gasteiger partial charge in [0.1, 0.15) is 5.15 Å². The number of aliphatic hydroxyl groups is 1. The molecule has 1 aromatic heterocycles. The highest BCUT2D eigenvalue weighted by Crippen LogP contribution is 2.21. The lowest BCUT2D eigenvalue weighted by Gasteiger charge is -2.08. The number of hydrazone groups is 1. The standard InChI is InChI=1S/C19H17ClN4O2/c1-13-16(18(20)24(23-13)15-10-6-3-7-11-15)12-21-22-19(26)17(25)14-8-4-2-5-9-14/h2-12,17,25H,1H3,(H,22,26)/t17-/m1/s1. The molecule has 0 aliphatic rings. The van der Waals surface area contributed by atoms with E-state index >= 15 is 0 Å². The highest BCUT2D eigenvalue weighted by Gasteiger charge is 2.17. The summed E-state index contributed by atoms with van der Waals surface area (Å²) in [6.45, 7) is 1.80. The molecule has 3 rings (SSSR count). The quantitative estimate of drug-likeness (QED) is 0.536. The first-order valence-corrected chi connectivity index (χ1v) is 8.32. The summed E-state index contributed by atoms with van der Waals surface area (Å²) in [6, 6.07) is 18.1. The van der Waals surface area contributed by atoms with Crippen LogP contribution in [0.3, 0.4) is 0 Å². The monoisotopic (exact) mass is 368 g/mol. The minimum absolute atomic E-state index is 0.385. The van der Waals surface area contributed by atoms with Gasteiger partial charge in [-0.1, -0.05) is 60.1 Å². The molecule has 1 heterocycles. The van der Waals surface area contributed by atoms with Gasteiger partial charge in [-0.3, -0.25) is 4.79 Å². The van der Waals surface area contributed by atoms with Gasteiger partial charge in [0.25, 0.3) is 5.91 Å². The summed E-state index contributed by atoms with van der Waals surface area (Å²) in [4.78, 5) is 12.0. The maximum atomic E-state index is 12.0. The number of nitrogens with one attached hydrogen (secondary N) is 1. The Morgan fingerprint density at radius 3 is 2.46 bits per heavy atom. The third-order valence-electron chi connectivity index (χ3n) is 3.78. The number of halogens is 1. The average molecular weight is 369 g/mol. The lowest BCUT2D eigenvalue weighted by molar-refractivity contribution is -0.129. The average Bonchev–Trinajstić information content (AvgIpc) is 2.97. The largest absolute Gasteiger partial charge is 0.378 e. The van der Waals surface area contributed by atoms with Crippen LogP contribution >= 0.6 is 11.6 Å². The van der Waals surface area contributed by atoms with Crippen molar-refractivity contribution in [3.8, 4) is 5.69 Å². The first-order chi connectivity index (χ1) is 12.6. The van der Waals surface area contributed by atoms with Crippen LogP contribution in [0.4, 0.5) is 0 Å². The fourth-order valence-corrected chi connectivity index (χ4v) is 2.73. The second-order valence-corrected chi connectivity index (χ2v) is 5.94. The minimum Gasteiger partial charge on any atom is -0.378 e. The van der Waals surface area contributed by atoms with Crippen LogP contribution in [-0.4, -0.2) is 27.0 Å². The summed E-state index contributed by atoms with van der Waals surface area (Å²) in [5.74, 6) is -0.628. The molecule has 1 amide bonds. The van der Waals surface area contributed by atoms with Gasteiger partial charge in [0.15, 0.2) is 6.10 Å². The molecule has 0 unspecified atom stereocenters. The van der Waals surface area contributed by atoms with E-state index in [1.165, 1.54) is 6.21 Å². The van der Waals surface area contributed by atoms with Crippen molar-refractivity contribution in [2.24, 2.45) is 5.10 Å². The van der Waals surface area contributed by atoms with Gasteiger partial charge in [0.2, 0.25) is 0 Å². The fourth-order valence-electron chi connectivity index (χ4n) is 2.41. The SMILES string of the molecule is Cc1nn(-c2ccccc2)c(Cl)c1C=NNC(=O)[C@H](O)c1ccccc1. The Balaban J connectivity index is 1.73. The molecule has 6 nitrogen and oxygen atoms in total. The molecular weight excluding hydrogens is 352 g/mol. The molecule has 0 aliphatic carbocycles. The summed E-state index contributed by atoms with van der Waals surface area (Å²) >= 11 is 6.39. The molecule has 26 heavy (non-hydrogen) atoms. The zero-order chi connectivity index (χ0) is 18.5. The number of carbonyl (C=O) groups excluding carboxylic acids is 1. The van der Waals surface area contributed by atoms with E-state index in [1.807, 2.05) is 30.3 Å². The van der Waals surface area contributed by atoms with Crippen molar-refractivity contribution in [1.82, 2.24) is 15.2 Å². The molecule has 0 fully saturated rings. The smallest absolute Gasteiger partial charge is 0.273 e. The molecule has 2 aromatic carbocycles. The van der Waals surface area contributed by atoms with Gasteiger partial charge >= 0.3 is 0 Å². The molecular formula is C19H17ClN4O2. The number of aromatic nitrogens is 2. The number of carbonyl (C=O) groups is 1. The van der Waals surface area contributed by atoms with E-state index in [1.54, 1.807) is 41.9 Å². The summed E-state index contributed by atoms with van der Waals surface area (Å²) in [5.41, 5.74) is 4.89. The molecule has 0 saturated heterocycles. The van der Waals surface area contributed by atoms with Crippen molar-refractivity contribution in [3.05, 3.63) is 82.6 Å². The van der Waals surface area contributed by atoms with Gasteiger partial charge in [0.05, 0.1) is 23.2 Å². The molecule has 1 atom stereocenters. The summed E-state index contributed by atoms with van der Waals surface area (Å²) < 4.78 is 1.60. The predicted molar refractivity (Wildman–Crippen MR) is 100 cm³/mol. The first kappa shape index (κ1) is 17.8. The summed E-state index contributed by atoms with van der Waals surface area (Å²) in [7, 11) is 0. The Kier molecular flexibility index (Phi) is 5.46. The van der Waals surface area contributed by atoms with E-state index in [0.717, 1.165) is 5.69 Å². The minimum atomic E-state index is -1.29. The van der Waals surface area contributed by atoms with Gasteiger partial charge in [0, 0.05) is 0 Å².